The zero-order chi connectivity index (χ0) is 29.8. The van der Waals surface area contributed by atoms with Gasteiger partial charge in [-0.1, -0.05) is 65.8 Å². The van der Waals surface area contributed by atoms with Crippen LogP contribution in [-0.2, 0) is 6.54 Å². The number of aromatic nitrogens is 3. The van der Waals surface area contributed by atoms with E-state index in [-0.39, 0.29) is 11.3 Å². The van der Waals surface area contributed by atoms with Crippen molar-refractivity contribution in [1.82, 2.24) is 14.5 Å². The number of ether oxygens (including phenoxy) is 1. The van der Waals surface area contributed by atoms with Crippen LogP contribution < -0.4 is 20.9 Å². The average molecular weight is 600 g/mol. The first-order valence-corrected chi connectivity index (χ1v) is 14.9. The van der Waals surface area contributed by atoms with Gasteiger partial charge in [-0.15, -0.1) is 0 Å². The van der Waals surface area contributed by atoms with E-state index in [0.29, 0.717) is 50.7 Å². The van der Waals surface area contributed by atoms with Crippen LogP contribution in [0.25, 0.3) is 16.5 Å². The van der Waals surface area contributed by atoms with Crippen molar-refractivity contribution < 1.29 is 9.53 Å². The van der Waals surface area contributed by atoms with Gasteiger partial charge in [0.1, 0.15) is 22.9 Å². The molecule has 8 nitrogen and oxygen atoms in total. The van der Waals surface area contributed by atoms with Crippen molar-refractivity contribution in [3.63, 3.8) is 0 Å². The molecule has 0 amide bonds. The molecule has 42 heavy (non-hydrogen) atoms. The largest absolute Gasteiger partial charge is 0.497 e. The number of thioether (sulfide) groups is 1. The molecule has 214 valence electrons. The van der Waals surface area contributed by atoms with E-state index < -0.39 is 6.04 Å². The molecule has 0 bridgehead atoms. The maximum Gasteiger partial charge on any atom is 0.264 e. The van der Waals surface area contributed by atoms with Crippen LogP contribution >= 0.6 is 23.4 Å². The first-order chi connectivity index (χ1) is 20.3. The van der Waals surface area contributed by atoms with Crippen molar-refractivity contribution >= 4 is 51.6 Å². The zero-order valence-electron chi connectivity index (χ0n) is 23.6. The summed E-state index contributed by atoms with van der Waals surface area (Å²) in [6.45, 7) is 3.87. The van der Waals surface area contributed by atoms with E-state index in [9.17, 15) is 9.59 Å². The van der Waals surface area contributed by atoms with Crippen molar-refractivity contribution in [2.75, 3.05) is 24.0 Å². The Morgan fingerprint density at radius 3 is 2.40 bits per heavy atom. The number of halogens is 1. The molecule has 10 heteroatoms. The molecule has 0 radical (unpaired) electrons. The predicted molar refractivity (Wildman–Crippen MR) is 171 cm³/mol. The molecular weight excluding hydrogens is 570 g/mol. The Bertz CT molecular complexity index is 1810. The summed E-state index contributed by atoms with van der Waals surface area (Å²) in [7, 11) is 1.62. The minimum Gasteiger partial charge on any atom is -0.497 e. The van der Waals surface area contributed by atoms with Crippen molar-refractivity contribution in [2.24, 2.45) is 0 Å². The van der Waals surface area contributed by atoms with E-state index in [4.69, 9.17) is 16.3 Å². The Kier molecular flexibility index (Phi) is 8.80. The fraction of sp³-hybridized carbons (Fsp3) is 0.188. The Morgan fingerprint density at radius 1 is 1.02 bits per heavy atom. The van der Waals surface area contributed by atoms with Gasteiger partial charge in [-0.3, -0.25) is 14.2 Å². The molecule has 2 aromatic heterocycles. The molecule has 3 aromatic carbocycles. The molecule has 0 aliphatic carbocycles. The monoisotopic (exact) mass is 599 g/mol. The van der Waals surface area contributed by atoms with Gasteiger partial charge in [0.15, 0.2) is 10.9 Å². The van der Waals surface area contributed by atoms with Crippen LogP contribution in [-0.4, -0.2) is 33.7 Å². The quantitative estimate of drug-likeness (QED) is 0.0992. The fourth-order valence-corrected chi connectivity index (χ4v) is 5.44. The number of nitrogens with one attached hydrogen (secondary N) is 2. The van der Waals surface area contributed by atoms with Gasteiger partial charge in [-0.25, -0.2) is 9.97 Å². The number of methoxy groups -OCH3 is 1. The molecule has 5 rings (SSSR count). The number of para-hydroxylation sites is 1. The Labute approximate surface area is 253 Å². The van der Waals surface area contributed by atoms with Gasteiger partial charge in [-0.2, -0.15) is 0 Å². The highest BCUT2D eigenvalue weighted by Crippen LogP contribution is 2.31. The lowest BCUT2D eigenvalue weighted by Gasteiger charge is -2.23. The number of carbonyl (C=O) groups is 1. The van der Waals surface area contributed by atoms with Gasteiger partial charge >= 0.3 is 0 Å². The molecule has 0 saturated heterocycles. The second kappa shape index (κ2) is 12.7. The number of carbonyl (C=O) groups excluding carboxylic acids is 1. The lowest BCUT2D eigenvalue weighted by atomic mass is 10.1. The number of fused-ring (bicyclic) bond motifs is 1. The van der Waals surface area contributed by atoms with Crippen molar-refractivity contribution in [2.45, 2.75) is 31.6 Å². The van der Waals surface area contributed by atoms with Crippen LogP contribution in [0.4, 0.5) is 11.6 Å². The minimum absolute atomic E-state index is 0.194. The number of nitrogens with zero attached hydrogens (tertiary/aromatic N) is 3. The van der Waals surface area contributed by atoms with Crippen molar-refractivity contribution in [1.29, 1.82) is 0 Å². The van der Waals surface area contributed by atoms with Gasteiger partial charge in [0.2, 0.25) is 0 Å². The maximum atomic E-state index is 13.9. The molecule has 2 N–H and O–H groups in total. The lowest BCUT2D eigenvalue weighted by Crippen LogP contribution is -2.26. The number of rotatable bonds is 10. The Hall–Kier alpha value is -4.34. The number of ketones is 1. The molecule has 0 spiro atoms. The van der Waals surface area contributed by atoms with Crippen LogP contribution in [0.15, 0.2) is 88.8 Å². The molecule has 0 unspecified atom stereocenters. The average Bonchev–Trinajstić information content (AvgIpc) is 3.00. The van der Waals surface area contributed by atoms with Gasteiger partial charge in [0.05, 0.1) is 23.6 Å². The van der Waals surface area contributed by atoms with Crippen molar-refractivity contribution in [3.8, 4) is 11.4 Å². The molecule has 0 aliphatic rings. The van der Waals surface area contributed by atoms with Crippen LogP contribution in [0, 0.1) is 0 Å². The predicted octanol–water partition coefficient (Wildman–Crippen LogP) is 7.15. The summed E-state index contributed by atoms with van der Waals surface area (Å²) in [4.78, 5) is 36.2. The summed E-state index contributed by atoms with van der Waals surface area (Å²) < 4.78 is 6.90. The van der Waals surface area contributed by atoms with E-state index in [1.165, 1.54) is 18.7 Å². The second-order valence-corrected chi connectivity index (χ2v) is 10.8. The van der Waals surface area contributed by atoms with Gasteiger partial charge in [0, 0.05) is 17.9 Å². The number of benzene rings is 3. The topological polar surface area (TPSA) is 98.1 Å². The fourth-order valence-electron chi connectivity index (χ4n) is 4.81. The van der Waals surface area contributed by atoms with E-state index in [2.05, 4.69) is 20.6 Å². The van der Waals surface area contributed by atoms with Crippen LogP contribution in [0.5, 0.6) is 5.75 Å². The summed E-state index contributed by atoms with van der Waals surface area (Å²) >= 11 is 7.85. The number of Topliss-reactive ketones (excluding diaryl/α,β-unsaturated/α-hetero) is 1. The first kappa shape index (κ1) is 29.2. The summed E-state index contributed by atoms with van der Waals surface area (Å²) in [6, 6.07) is 24.0. The SMILES string of the molecule is COc1ccc(CNc2nc(SC)nc(N[C@@H](C)c3cc4cccc(Cl)c4c(=O)n3-c3ccccc3)c2C(C)=O)cc1. The van der Waals surface area contributed by atoms with E-state index >= 15 is 0 Å². The lowest BCUT2D eigenvalue weighted by molar-refractivity contribution is 0.101. The van der Waals surface area contributed by atoms with E-state index in [1.807, 2.05) is 86.0 Å². The van der Waals surface area contributed by atoms with Gasteiger partial charge < -0.3 is 15.4 Å². The standard InChI is InChI=1S/C32H30ClN5O3S/c1-19(26-17-22-9-8-12-25(33)28(22)31(40)38(26)23-10-6-5-7-11-23)35-30-27(20(2)39)29(36-32(37-30)42-4)34-18-21-13-15-24(41-3)16-14-21/h5-17,19H,18H2,1-4H3,(H2,34,35,36,37)/t19-/m0/s1. The first-order valence-electron chi connectivity index (χ1n) is 13.3. The number of pyridine rings is 1. The van der Waals surface area contributed by atoms with Gasteiger partial charge in [-0.05, 0) is 67.5 Å². The number of anilines is 2. The molecule has 1 atom stereocenters. The van der Waals surface area contributed by atoms with Crippen LogP contribution in [0.1, 0.15) is 41.5 Å². The van der Waals surface area contributed by atoms with Crippen molar-refractivity contribution in [3.05, 3.63) is 111 Å². The second-order valence-electron chi connectivity index (χ2n) is 9.66. The normalized spacial score (nSPS) is 11.7. The third kappa shape index (κ3) is 5.98. The zero-order valence-corrected chi connectivity index (χ0v) is 25.2. The Balaban J connectivity index is 1.58. The third-order valence-electron chi connectivity index (χ3n) is 6.88. The number of hydrogen-bond donors (Lipinski definition) is 2. The highest BCUT2D eigenvalue weighted by atomic mass is 35.5. The minimum atomic E-state index is -0.432. The maximum absolute atomic E-state index is 13.9. The van der Waals surface area contributed by atoms with Crippen LogP contribution in [0.2, 0.25) is 5.02 Å². The highest BCUT2D eigenvalue weighted by Gasteiger charge is 2.23. The highest BCUT2D eigenvalue weighted by molar-refractivity contribution is 7.98. The molecular formula is C32H30ClN5O3S. The molecule has 0 saturated carbocycles. The number of hydrogen-bond acceptors (Lipinski definition) is 8. The summed E-state index contributed by atoms with van der Waals surface area (Å²) in [5.74, 6) is 1.38. The molecule has 2 heterocycles. The molecule has 0 fully saturated rings. The summed E-state index contributed by atoms with van der Waals surface area (Å²) in [6.07, 6.45) is 1.88. The Morgan fingerprint density at radius 2 is 1.74 bits per heavy atom. The summed E-state index contributed by atoms with van der Waals surface area (Å²) in [5.41, 5.74) is 2.50. The van der Waals surface area contributed by atoms with E-state index in [1.54, 1.807) is 17.7 Å². The molecule has 5 aromatic rings. The smallest absolute Gasteiger partial charge is 0.264 e. The van der Waals surface area contributed by atoms with Gasteiger partial charge in [0.25, 0.3) is 5.56 Å². The van der Waals surface area contributed by atoms with Crippen LogP contribution in [0.3, 0.4) is 0 Å². The van der Waals surface area contributed by atoms with E-state index in [0.717, 1.165) is 16.7 Å². The molecule has 0 aliphatic heterocycles. The summed E-state index contributed by atoms with van der Waals surface area (Å²) in [5, 5.41) is 8.79. The third-order valence-corrected chi connectivity index (χ3v) is 7.74.